The van der Waals surface area contributed by atoms with Crippen molar-refractivity contribution in [2.24, 2.45) is 10.2 Å². The monoisotopic (exact) mass is 401 g/mol. The number of nitrogens with zero attached hydrogens (tertiary/aromatic N) is 3. The number of benzene rings is 2. The second kappa shape index (κ2) is 7.48. The molecule has 128 valence electrons. The molecule has 1 aromatic heterocycles. The Kier molecular flexibility index (Phi) is 5.14. The molecule has 0 spiro atoms. The maximum absolute atomic E-state index is 11.9. The number of rotatable bonds is 5. The average molecular weight is 402 g/mol. The second-order valence-electron chi connectivity index (χ2n) is 5.25. The minimum Gasteiger partial charge on any atom is -0.493 e. The van der Waals surface area contributed by atoms with E-state index in [1.165, 1.54) is 0 Å². The molecule has 2 aromatic carbocycles. The third kappa shape index (κ3) is 3.56. The first-order valence-electron chi connectivity index (χ1n) is 7.74. The molecule has 0 unspecified atom stereocenters. The van der Waals surface area contributed by atoms with Crippen LogP contribution in [0.2, 0.25) is 0 Å². The van der Waals surface area contributed by atoms with E-state index in [1.807, 2.05) is 49.4 Å². The van der Waals surface area contributed by atoms with Gasteiger partial charge in [-0.3, -0.25) is 4.79 Å². The number of fused-ring (bicyclic) bond motifs is 1. The van der Waals surface area contributed by atoms with Crippen LogP contribution in [-0.2, 0) is 11.3 Å². The smallest absolute Gasteiger partial charge is 0.302 e. The maximum Gasteiger partial charge on any atom is 0.302 e. The number of azo groups is 1. The number of hydrogen-bond donors (Lipinski definition) is 1. The van der Waals surface area contributed by atoms with Gasteiger partial charge in [-0.1, -0.05) is 30.3 Å². The van der Waals surface area contributed by atoms with E-state index >= 15 is 0 Å². The van der Waals surface area contributed by atoms with Crippen molar-refractivity contribution in [3.8, 4) is 11.6 Å². The fourth-order valence-electron chi connectivity index (χ4n) is 2.53. The summed E-state index contributed by atoms with van der Waals surface area (Å²) in [6.07, 6.45) is 0. The van der Waals surface area contributed by atoms with E-state index in [9.17, 15) is 9.90 Å². The molecule has 6 nitrogen and oxygen atoms in total. The number of halogens is 1. The van der Waals surface area contributed by atoms with Crippen molar-refractivity contribution in [1.82, 2.24) is 4.57 Å². The van der Waals surface area contributed by atoms with Crippen molar-refractivity contribution in [2.45, 2.75) is 13.5 Å². The third-order valence-electron chi connectivity index (χ3n) is 3.68. The van der Waals surface area contributed by atoms with Crippen LogP contribution in [0.5, 0.6) is 11.6 Å². The van der Waals surface area contributed by atoms with Crippen LogP contribution in [-0.4, -0.2) is 22.2 Å². The fraction of sp³-hybridized carbons (Fsp3) is 0.167. The average Bonchev–Trinajstić information content (AvgIpc) is 2.90. The van der Waals surface area contributed by atoms with Gasteiger partial charge in [-0.15, -0.1) is 10.2 Å². The highest BCUT2D eigenvalue weighted by Gasteiger charge is 2.15. The van der Waals surface area contributed by atoms with Crippen molar-refractivity contribution >= 4 is 38.4 Å². The molecule has 1 amide bonds. The zero-order chi connectivity index (χ0) is 17.8. The van der Waals surface area contributed by atoms with Gasteiger partial charge in [0, 0.05) is 11.9 Å². The first-order chi connectivity index (χ1) is 12.1. The lowest BCUT2D eigenvalue weighted by molar-refractivity contribution is -0.120. The highest BCUT2D eigenvalue weighted by Crippen LogP contribution is 2.38. The number of aromatic hydroxyl groups is 1. The Bertz CT molecular complexity index is 950. The molecule has 0 fully saturated rings. The summed E-state index contributed by atoms with van der Waals surface area (Å²) >= 11 is 3.34. The second-order valence-corrected chi connectivity index (χ2v) is 6.10. The fourth-order valence-corrected chi connectivity index (χ4v) is 2.93. The summed E-state index contributed by atoms with van der Waals surface area (Å²) in [5.74, 6) is 0.00642. The van der Waals surface area contributed by atoms with E-state index in [0.29, 0.717) is 12.3 Å². The van der Waals surface area contributed by atoms with Gasteiger partial charge in [0.15, 0.2) is 12.3 Å². The van der Waals surface area contributed by atoms with E-state index in [2.05, 4.69) is 26.2 Å². The predicted molar refractivity (Wildman–Crippen MR) is 98.4 cm³/mol. The Morgan fingerprint density at radius 2 is 1.92 bits per heavy atom. The van der Waals surface area contributed by atoms with Crippen LogP contribution >= 0.6 is 15.9 Å². The maximum atomic E-state index is 11.9. The zero-order valence-corrected chi connectivity index (χ0v) is 15.1. The van der Waals surface area contributed by atoms with E-state index in [4.69, 9.17) is 4.74 Å². The Morgan fingerprint density at radius 1 is 1.20 bits per heavy atom. The summed E-state index contributed by atoms with van der Waals surface area (Å²) in [6.45, 7) is 2.27. The lowest BCUT2D eigenvalue weighted by Gasteiger charge is -2.04. The summed E-state index contributed by atoms with van der Waals surface area (Å²) < 4.78 is 7.88. The SMILES string of the molecule is CCn1c(O)c(N=NC(=O)COc2ccccc2Br)c2ccccc21. The summed E-state index contributed by atoms with van der Waals surface area (Å²) in [7, 11) is 0. The van der Waals surface area contributed by atoms with Gasteiger partial charge in [0.2, 0.25) is 5.88 Å². The molecule has 0 radical (unpaired) electrons. The molecule has 0 bridgehead atoms. The standard InChI is InChI=1S/C18H16BrN3O3/c1-2-22-14-9-5-3-7-12(14)17(18(22)24)21-20-16(23)11-25-15-10-6-4-8-13(15)19/h3-10,24H,2,11H2,1H3. The number of ether oxygens (including phenoxy) is 1. The molecular formula is C18H16BrN3O3. The summed E-state index contributed by atoms with van der Waals surface area (Å²) in [4.78, 5) is 11.9. The number of aromatic nitrogens is 1. The van der Waals surface area contributed by atoms with Crippen molar-refractivity contribution in [3.05, 3.63) is 53.0 Å². The Balaban J connectivity index is 1.78. The number of aryl methyl sites for hydroxylation is 1. The minimum absolute atomic E-state index is 0.00743. The Morgan fingerprint density at radius 3 is 2.68 bits per heavy atom. The van der Waals surface area contributed by atoms with E-state index in [1.54, 1.807) is 10.6 Å². The molecule has 7 heteroatoms. The van der Waals surface area contributed by atoms with Gasteiger partial charge in [-0.2, -0.15) is 0 Å². The number of carbonyl (C=O) groups excluding carboxylic acids is 1. The molecule has 0 saturated heterocycles. The Labute approximate surface area is 152 Å². The summed E-state index contributed by atoms with van der Waals surface area (Å²) in [5.41, 5.74) is 1.13. The van der Waals surface area contributed by atoms with E-state index in [-0.39, 0.29) is 18.2 Å². The van der Waals surface area contributed by atoms with Crippen LogP contribution < -0.4 is 4.74 Å². The summed E-state index contributed by atoms with van der Waals surface area (Å²) in [5, 5.41) is 18.7. The van der Waals surface area contributed by atoms with Gasteiger partial charge in [0.25, 0.3) is 0 Å². The highest BCUT2D eigenvalue weighted by molar-refractivity contribution is 9.10. The molecule has 0 aliphatic carbocycles. The number of hydrogen-bond acceptors (Lipinski definition) is 4. The first-order valence-corrected chi connectivity index (χ1v) is 8.53. The first kappa shape index (κ1) is 17.2. The number of amides is 1. The lowest BCUT2D eigenvalue weighted by Crippen LogP contribution is -2.08. The van der Waals surface area contributed by atoms with Gasteiger partial charge < -0.3 is 14.4 Å². The van der Waals surface area contributed by atoms with Crippen LogP contribution in [0.1, 0.15) is 6.92 Å². The largest absolute Gasteiger partial charge is 0.493 e. The van der Waals surface area contributed by atoms with E-state index in [0.717, 1.165) is 15.4 Å². The van der Waals surface area contributed by atoms with Gasteiger partial charge in [0.1, 0.15) is 5.75 Å². The molecule has 1 heterocycles. The van der Waals surface area contributed by atoms with Crippen LogP contribution in [0.4, 0.5) is 5.69 Å². The van der Waals surface area contributed by atoms with Gasteiger partial charge in [-0.05, 0) is 41.1 Å². The van der Waals surface area contributed by atoms with Crippen molar-refractivity contribution in [2.75, 3.05) is 6.61 Å². The number of carbonyl (C=O) groups is 1. The van der Waals surface area contributed by atoms with Crippen LogP contribution in [0.25, 0.3) is 10.9 Å². The van der Waals surface area contributed by atoms with E-state index < -0.39 is 5.91 Å². The third-order valence-corrected chi connectivity index (χ3v) is 4.34. The molecule has 0 atom stereocenters. The van der Waals surface area contributed by atoms with Gasteiger partial charge in [0.05, 0.1) is 9.99 Å². The van der Waals surface area contributed by atoms with Gasteiger partial charge >= 0.3 is 5.91 Å². The molecule has 1 N–H and O–H groups in total. The molecule has 25 heavy (non-hydrogen) atoms. The highest BCUT2D eigenvalue weighted by atomic mass is 79.9. The van der Waals surface area contributed by atoms with Crippen molar-refractivity contribution in [3.63, 3.8) is 0 Å². The topological polar surface area (TPSA) is 76.2 Å². The van der Waals surface area contributed by atoms with Crippen LogP contribution in [0.3, 0.4) is 0 Å². The van der Waals surface area contributed by atoms with Crippen molar-refractivity contribution < 1.29 is 14.6 Å². The minimum atomic E-state index is -0.538. The van der Waals surface area contributed by atoms with Crippen LogP contribution in [0, 0.1) is 0 Å². The predicted octanol–water partition coefficient (Wildman–Crippen LogP) is 4.82. The summed E-state index contributed by atoms with van der Waals surface area (Å²) in [6, 6.07) is 14.7. The van der Waals surface area contributed by atoms with Gasteiger partial charge in [-0.25, -0.2) is 0 Å². The number of para-hydroxylation sites is 2. The lowest BCUT2D eigenvalue weighted by atomic mass is 10.2. The normalized spacial score (nSPS) is 11.3. The molecule has 0 aliphatic rings. The molecular weight excluding hydrogens is 386 g/mol. The molecule has 0 saturated carbocycles. The molecule has 0 aliphatic heterocycles. The quantitative estimate of drug-likeness (QED) is 0.622. The Hall–Kier alpha value is -2.67. The molecule has 3 aromatic rings. The molecule has 3 rings (SSSR count). The van der Waals surface area contributed by atoms with Crippen molar-refractivity contribution in [1.29, 1.82) is 0 Å². The zero-order valence-electron chi connectivity index (χ0n) is 13.5. The van der Waals surface area contributed by atoms with Crippen LogP contribution in [0.15, 0.2) is 63.2 Å².